The first-order valence-electron chi connectivity index (χ1n) is 6.89. The van der Waals surface area contributed by atoms with Crippen LogP contribution in [0.3, 0.4) is 0 Å². The Morgan fingerprint density at radius 2 is 2.10 bits per heavy atom. The molecule has 1 aliphatic rings. The molecule has 112 valence electrons. The van der Waals surface area contributed by atoms with E-state index in [0.717, 1.165) is 24.3 Å². The van der Waals surface area contributed by atoms with Crippen molar-refractivity contribution in [3.8, 4) is 0 Å². The summed E-state index contributed by atoms with van der Waals surface area (Å²) in [5.41, 5.74) is 0.641. The van der Waals surface area contributed by atoms with Crippen molar-refractivity contribution < 1.29 is 8.42 Å². The quantitative estimate of drug-likeness (QED) is 0.820. The summed E-state index contributed by atoms with van der Waals surface area (Å²) in [6.45, 7) is 0.656. The van der Waals surface area contributed by atoms with E-state index in [-0.39, 0.29) is 6.04 Å². The molecule has 0 radical (unpaired) electrons. The molecule has 5 nitrogen and oxygen atoms in total. The number of hydrogen-bond donors (Lipinski definition) is 2. The Balaban J connectivity index is 1.69. The fourth-order valence-corrected chi connectivity index (χ4v) is 4.12. The highest BCUT2D eigenvalue weighted by Crippen LogP contribution is 2.25. The van der Waals surface area contributed by atoms with Gasteiger partial charge in [-0.2, -0.15) is 0 Å². The van der Waals surface area contributed by atoms with E-state index in [1.807, 2.05) is 11.4 Å². The number of aromatic nitrogens is 1. The minimum atomic E-state index is -3.44. The predicted molar refractivity (Wildman–Crippen MR) is 84.1 cm³/mol. The van der Waals surface area contributed by atoms with E-state index in [4.69, 9.17) is 0 Å². The average Bonchev–Trinajstić information content (AvgIpc) is 3.11. The van der Waals surface area contributed by atoms with E-state index in [0.29, 0.717) is 17.1 Å². The molecular formula is C14H17N3O2S2. The number of nitrogens with one attached hydrogen (secondary N) is 2. The molecule has 0 unspecified atom stereocenters. The first-order valence-corrected chi connectivity index (χ1v) is 9.25. The van der Waals surface area contributed by atoms with Crippen molar-refractivity contribution in [2.24, 2.45) is 0 Å². The lowest BCUT2D eigenvalue weighted by atomic mass is 10.3. The molecule has 0 atom stereocenters. The number of sulfonamides is 1. The zero-order valence-electron chi connectivity index (χ0n) is 11.5. The molecule has 1 saturated carbocycles. The van der Waals surface area contributed by atoms with Gasteiger partial charge in [-0.25, -0.2) is 18.1 Å². The van der Waals surface area contributed by atoms with Crippen LogP contribution in [0.4, 0.5) is 5.69 Å². The lowest BCUT2D eigenvalue weighted by Crippen LogP contribution is -2.26. The second-order valence-corrected chi connectivity index (χ2v) is 7.66. The molecule has 1 aromatic heterocycles. The van der Waals surface area contributed by atoms with E-state index >= 15 is 0 Å². The molecule has 21 heavy (non-hydrogen) atoms. The fraction of sp³-hybridized carbons (Fsp3) is 0.357. The molecule has 1 aliphatic carbocycles. The smallest absolute Gasteiger partial charge is 0.242 e. The second-order valence-electron chi connectivity index (χ2n) is 4.99. The van der Waals surface area contributed by atoms with Crippen LogP contribution in [0.5, 0.6) is 0 Å². The van der Waals surface area contributed by atoms with E-state index < -0.39 is 10.0 Å². The van der Waals surface area contributed by atoms with Gasteiger partial charge in [-0.15, -0.1) is 11.3 Å². The lowest BCUT2D eigenvalue weighted by Gasteiger charge is -2.12. The van der Waals surface area contributed by atoms with E-state index in [2.05, 4.69) is 15.0 Å². The Morgan fingerprint density at radius 1 is 1.29 bits per heavy atom. The number of thiazole rings is 1. The molecule has 0 bridgehead atoms. The van der Waals surface area contributed by atoms with Crippen LogP contribution in [0.15, 0.2) is 40.7 Å². The molecule has 7 heteroatoms. The highest BCUT2D eigenvalue weighted by atomic mass is 32.2. The SMILES string of the molecule is O=S(=O)(NC1CC1)c1ccccc1NCCc1nccs1. The van der Waals surface area contributed by atoms with Crippen LogP contribution in [-0.4, -0.2) is 26.0 Å². The molecule has 1 fully saturated rings. The molecule has 2 N–H and O–H groups in total. The summed E-state index contributed by atoms with van der Waals surface area (Å²) in [5, 5.41) is 6.18. The Bertz CT molecular complexity index is 695. The number of benzene rings is 1. The maximum atomic E-state index is 12.3. The van der Waals surface area contributed by atoms with Gasteiger partial charge in [-0.05, 0) is 25.0 Å². The normalized spacial score (nSPS) is 15.0. The third kappa shape index (κ3) is 3.81. The highest BCUT2D eigenvalue weighted by molar-refractivity contribution is 7.89. The van der Waals surface area contributed by atoms with Crippen LogP contribution >= 0.6 is 11.3 Å². The Hall–Kier alpha value is -1.44. The highest BCUT2D eigenvalue weighted by Gasteiger charge is 2.29. The van der Waals surface area contributed by atoms with E-state index in [1.54, 1.807) is 35.7 Å². The molecule has 0 spiro atoms. The molecule has 0 amide bonds. The van der Waals surface area contributed by atoms with Crippen LogP contribution < -0.4 is 10.0 Å². The summed E-state index contributed by atoms with van der Waals surface area (Å²) in [6.07, 6.45) is 4.41. The standard InChI is InChI=1S/C14H17N3O2S2/c18-21(19,17-11-5-6-11)13-4-2-1-3-12(13)15-8-7-14-16-9-10-20-14/h1-4,9-11,15,17H,5-8H2. The topological polar surface area (TPSA) is 71.1 Å². The van der Waals surface area contributed by atoms with Crippen LogP contribution in [0.25, 0.3) is 0 Å². The van der Waals surface area contributed by atoms with Gasteiger partial charge in [0.2, 0.25) is 10.0 Å². The molecule has 3 rings (SSSR count). The van der Waals surface area contributed by atoms with Gasteiger partial charge in [0.05, 0.1) is 10.7 Å². The molecule has 0 saturated heterocycles. The minimum Gasteiger partial charge on any atom is -0.384 e. The average molecular weight is 323 g/mol. The summed E-state index contributed by atoms with van der Waals surface area (Å²) in [6, 6.07) is 7.12. The van der Waals surface area contributed by atoms with Crippen LogP contribution in [-0.2, 0) is 16.4 Å². The van der Waals surface area contributed by atoms with Gasteiger partial charge in [-0.1, -0.05) is 12.1 Å². The summed E-state index contributed by atoms with van der Waals surface area (Å²) in [7, 11) is -3.44. The van der Waals surface area contributed by atoms with Gasteiger partial charge in [0.25, 0.3) is 0 Å². The summed E-state index contributed by atoms with van der Waals surface area (Å²) in [4.78, 5) is 4.53. The number of para-hydroxylation sites is 1. The van der Waals surface area contributed by atoms with E-state index in [9.17, 15) is 8.42 Å². The second kappa shape index (κ2) is 6.13. The van der Waals surface area contributed by atoms with Crippen molar-refractivity contribution >= 4 is 27.0 Å². The van der Waals surface area contributed by atoms with Gasteiger partial charge in [-0.3, -0.25) is 0 Å². The van der Waals surface area contributed by atoms with Crippen molar-refractivity contribution in [3.63, 3.8) is 0 Å². The molecule has 1 aromatic carbocycles. The van der Waals surface area contributed by atoms with Crippen LogP contribution in [0, 0.1) is 0 Å². The zero-order valence-corrected chi connectivity index (χ0v) is 13.1. The van der Waals surface area contributed by atoms with E-state index in [1.165, 1.54) is 0 Å². The molecule has 0 aliphatic heterocycles. The number of rotatable bonds is 7. The summed E-state index contributed by atoms with van der Waals surface area (Å²) >= 11 is 1.60. The minimum absolute atomic E-state index is 0.110. The number of anilines is 1. The van der Waals surface area contributed by atoms with Gasteiger partial charge in [0.1, 0.15) is 4.90 Å². The largest absolute Gasteiger partial charge is 0.384 e. The zero-order chi connectivity index (χ0) is 14.7. The first-order chi connectivity index (χ1) is 10.1. The monoisotopic (exact) mass is 323 g/mol. The maximum Gasteiger partial charge on any atom is 0.242 e. The van der Waals surface area contributed by atoms with Gasteiger partial charge in [0.15, 0.2) is 0 Å². The first kappa shape index (κ1) is 14.5. The van der Waals surface area contributed by atoms with Gasteiger partial charge < -0.3 is 5.32 Å². The summed E-state index contributed by atoms with van der Waals surface area (Å²) in [5.74, 6) is 0. The fourth-order valence-electron chi connectivity index (χ4n) is 2.01. The van der Waals surface area contributed by atoms with Crippen LogP contribution in [0.2, 0.25) is 0 Å². The molecular weight excluding hydrogens is 306 g/mol. The Labute approximate surface area is 128 Å². The predicted octanol–water partition coefficient (Wildman–Crippen LogP) is 2.24. The van der Waals surface area contributed by atoms with Crippen LogP contribution in [0.1, 0.15) is 17.8 Å². The van der Waals surface area contributed by atoms with Crippen molar-refractivity contribution in [3.05, 3.63) is 40.8 Å². The third-order valence-electron chi connectivity index (χ3n) is 3.21. The Morgan fingerprint density at radius 3 is 2.81 bits per heavy atom. The molecule has 1 heterocycles. The number of hydrogen-bond acceptors (Lipinski definition) is 5. The van der Waals surface area contributed by atoms with Gasteiger partial charge >= 0.3 is 0 Å². The Kier molecular flexibility index (Phi) is 4.23. The number of nitrogens with zero attached hydrogens (tertiary/aromatic N) is 1. The van der Waals surface area contributed by atoms with Crippen molar-refractivity contribution in [2.75, 3.05) is 11.9 Å². The van der Waals surface area contributed by atoms with Crippen molar-refractivity contribution in [1.29, 1.82) is 0 Å². The lowest BCUT2D eigenvalue weighted by molar-refractivity contribution is 0.581. The summed E-state index contributed by atoms with van der Waals surface area (Å²) < 4.78 is 27.4. The van der Waals surface area contributed by atoms with Gasteiger partial charge in [0, 0.05) is 30.6 Å². The maximum absolute atomic E-state index is 12.3. The van der Waals surface area contributed by atoms with Crippen molar-refractivity contribution in [1.82, 2.24) is 9.71 Å². The van der Waals surface area contributed by atoms with Crippen molar-refractivity contribution in [2.45, 2.75) is 30.2 Å². The molecule has 2 aromatic rings. The third-order valence-corrected chi connectivity index (χ3v) is 5.63.